The minimum atomic E-state index is -2.25. The number of amides is 1. The molecule has 1 N–H and O–H groups in total. The van der Waals surface area contributed by atoms with Crippen LogP contribution in [0.4, 0.5) is 0 Å². The normalized spacial score (nSPS) is 16.9. The molecular formula is C22H21BrNO2P. The van der Waals surface area contributed by atoms with Gasteiger partial charge in [-0.05, 0) is 36.4 Å². The van der Waals surface area contributed by atoms with E-state index in [9.17, 15) is 10.0 Å². The maximum Gasteiger partial charge on any atom is 0.287 e. The van der Waals surface area contributed by atoms with Gasteiger partial charge < -0.3 is 17.0 Å². The van der Waals surface area contributed by atoms with Crippen molar-refractivity contribution in [3.05, 3.63) is 91.0 Å². The summed E-state index contributed by atoms with van der Waals surface area (Å²) in [7, 11) is -2.25. The van der Waals surface area contributed by atoms with Crippen LogP contribution in [0.15, 0.2) is 91.0 Å². The lowest BCUT2D eigenvalue weighted by molar-refractivity contribution is -0.156. The fourth-order valence-corrected chi connectivity index (χ4v) is 8.85. The Morgan fingerprint density at radius 1 is 0.741 bits per heavy atom. The lowest BCUT2D eigenvalue weighted by Gasteiger charge is -2.31. The van der Waals surface area contributed by atoms with E-state index in [-0.39, 0.29) is 28.5 Å². The zero-order valence-electron chi connectivity index (χ0n) is 14.8. The van der Waals surface area contributed by atoms with Crippen LogP contribution < -0.4 is 32.9 Å². The quantitative estimate of drug-likeness (QED) is 0.456. The summed E-state index contributed by atoms with van der Waals surface area (Å²) >= 11 is 0. The molecular weight excluding hydrogens is 421 g/mol. The van der Waals surface area contributed by atoms with E-state index in [1.54, 1.807) is 0 Å². The second kappa shape index (κ2) is 8.35. The van der Waals surface area contributed by atoms with E-state index in [1.165, 1.54) is 15.9 Å². The van der Waals surface area contributed by atoms with E-state index in [0.717, 1.165) is 5.06 Å². The molecule has 0 aliphatic carbocycles. The predicted octanol–water partition coefficient (Wildman–Crippen LogP) is -0.0254. The summed E-state index contributed by atoms with van der Waals surface area (Å²) in [4.78, 5) is 13.0. The summed E-state index contributed by atoms with van der Waals surface area (Å²) in [6.45, 7) is 0.387. The second-order valence-electron chi connectivity index (χ2n) is 6.50. The van der Waals surface area contributed by atoms with Crippen LogP contribution in [0.1, 0.15) is 6.42 Å². The van der Waals surface area contributed by atoms with Crippen molar-refractivity contribution in [2.75, 3.05) is 6.54 Å². The van der Waals surface area contributed by atoms with E-state index in [0.29, 0.717) is 13.0 Å². The third kappa shape index (κ3) is 3.34. The standard InChI is InChI=1S/C22H21NO2P.BrH/c24-22-21(16-17-23(22)25)26(18-10-4-1-5-11-18,19-12-6-2-7-13-19)20-14-8-3-9-15-20;/h1-15,21,25H,16-17H2;1H/q+1;/p-1. The predicted molar refractivity (Wildman–Crippen MR) is 107 cm³/mol. The van der Waals surface area contributed by atoms with Crippen LogP contribution >= 0.6 is 7.26 Å². The fraction of sp³-hybridized carbons (Fsp3) is 0.136. The van der Waals surface area contributed by atoms with Crippen molar-refractivity contribution in [3.8, 4) is 0 Å². The molecule has 3 aromatic carbocycles. The van der Waals surface area contributed by atoms with Gasteiger partial charge in [0.25, 0.3) is 5.91 Å². The molecule has 0 saturated carbocycles. The van der Waals surface area contributed by atoms with Gasteiger partial charge in [0.15, 0.2) is 5.66 Å². The van der Waals surface area contributed by atoms with E-state index >= 15 is 0 Å². The molecule has 0 bridgehead atoms. The number of nitrogens with zero attached hydrogens (tertiary/aromatic N) is 1. The van der Waals surface area contributed by atoms with Crippen LogP contribution in [-0.4, -0.2) is 28.4 Å². The van der Waals surface area contributed by atoms with Crippen LogP contribution in [0.2, 0.25) is 0 Å². The average molecular weight is 442 g/mol. The first-order valence-electron chi connectivity index (χ1n) is 8.80. The van der Waals surface area contributed by atoms with Crippen LogP contribution in [0, 0.1) is 0 Å². The largest absolute Gasteiger partial charge is 1.00 e. The van der Waals surface area contributed by atoms with Crippen LogP contribution in [-0.2, 0) is 4.79 Å². The molecule has 4 rings (SSSR count). The monoisotopic (exact) mass is 441 g/mol. The van der Waals surface area contributed by atoms with E-state index in [1.807, 2.05) is 54.6 Å². The number of hydroxylamine groups is 2. The molecule has 0 aromatic heterocycles. The molecule has 0 radical (unpaired) electrons. The highest BCUT2D eigenvalue weighted by molar-refractivity contribution is 7.96. The highest BCUT2D eigenvalue weighted by Crippen LogP contribution is 2.62. The Balaban J connectivity index is 0.00000210. The van der Waals surface area contributed by atoms with Crippen molar-refractivity contribution >= 4 is 29.1 Å². The number of carbonyl (C=O) groups is 1. The second-order valence-corrected chi connectivity index (χ2v) is 10.1. The Kier molecular flexibility index (Phi) is 6.11. The highest BCUT2D eigenvalue weighted by Gasteiger charge is 2.58. The van der Waals surface area contributed by atoms with Gasteiger partial charge in [-0.25, -0.2) is 5.06 Å². The van der Waals surface area contributed by atoms with Gasteiger partial charge in [-0.2, -0.15) is 0 Å². The van der Waals surface area contributed by atoms with E-state index < -0.39 is 7.26 Å². The maximum absolute atomic E-state index is 13.0. The molecule has 1 unspecified atom stereocenters. The molecule has 1 amide bonds. The Bertz CT molecular complexity index is 793. The molecule has 138 valence electrons. The summed E-state index contributed by atoms with van der Waals surface area (Å²) in [6.07, 6.45) is 0.655. The molecule has 5 heteroatoms. The Morgan fingerprint density at radius 3 is 1.41 bits per heavy atom. The lowest BCUT2D eigenvalue weighted by atomic mass is 10.3. The molecule has 3 nitrogen and oxygen atoms in total. The molecule has 1 atom stereocenters. The SMILES string of the molecule is O=C1C([P+](c2ccccc2)(c2ccccc2)c2ccccc2)CCN1O.[Br-]. The summed E-state index contributed by atoms with van der Waals surface area (Å²) in [6, 6.07) is 31.0. The first-order chi connectivity index (χ1) is 12.7. The number of carbonyl (C=O) groups excluding carboxylic acids is 1. The number of rotatable bonds is 4. The topological polar surface area (TPSA) is 40.5 Å². The van der Waals surface area contributed by atoms with Gasteiger partial charge in [-0.15, -0.1) is 0 Å². The van der Waals surface area contributed by atoms with E-state index in [4.69, 9.17) is 0 Å². The van der Waals surface area contributed by atoms with Crippen LogP contribution in [0.3, 0.4) is 0 Å². The summed E-state index contributed by atoms with van der Waals surface area (Å²) < 4.78 is 0. The molecule has 27 heavy (non-hydrogen) atoms. The van der Waals surface area contributed by atoms with Crippen molar-refractivity contribution < 1.29 is 27.0 Å². The van der Waals surface area contributed by atoms with Crippen LogP contribution in [0.25, 0.3) is 0 Å². The zero-order chi connectivity index (χ0) is 18.0. The highest BCUT2D eigenvalue weighted by atomic mass is 79.9. The molecule has 1 aliphatic rings. The lowest BCUT2D eigenvalue weighted by Crippen LogP contribution is -3.00. The Morgan fingerprint density at radius 2 is 1.11 bits per heavy atom. The van der Waals surface area contributed by atoms with Gasteiger partial charge in [0, 0.05) is 6.42 Å². The van der Waals surface area contributed by atoms with Gasteiger partial charge in [-0.3, -0.25) is 10.0 Å². The Labute approximate surface area is 170 Å². The summed E-state index contributed by atoms with van der Waals surface area (Å²) in [5.74, 6) is -0.171. The summed E-state index contributed by atoms with van der Waals surface area (Å²) in [5, 5.41) is 14.5. The van der Waals surface area contributed by atoms with Crippen molar-refractivity contribution in [1.29, 1.82) is 0 Å². The molecule has 1 fully saturated rings. The minimum absolute atomic E-state index is 0. The number of halogens is 1. The van der Waals surface area contributed by atoms with Gasteiger partial charge in [0.1, 0.15) is 23.2 Å². The van der Waals surface area contributed by atoms with Crippen molar-refractivity contribution in [2.24, 2.45) is 0 Å². The molecule has 1 saturated heterocycles. The zero-order valence-corrected chi connectivity index (χ0v) is 17.3. The third-order valence-corrected chi connectivity index (χ3v) is 9.86. The van der Waals surface area contributed by atoms with Crippen molar-refractivity contribution in [3.63, 3.8) is 0 Å². The van der Waals surface area contributed by atoms with Crippen LogP contribution in [0.5, 0.6) is 0 Å². The molecule has 3 aromatic rings. The molecule has 0 spiro atoms. The van der Waals surface area contributed by atoms with Gasteiger partial charge in [0.2, 0.25) is 0 Å². The first kappa shape index (κ1) is 19.8. The summed E-state index contributed by atoms with van der Waals surface area (Å²) in [5.41, 5.74) is -0.250. The van der Waals surface area contributed by atoms with Gasteiger partial charge in [-0.1, -0.05) is 54.6 Å². The first-order valence-corrected chi connectivity index (χ1v) is 10.7. The van der Waals surface area contributed by atoms with E-state index in [2.05, 4.69) is 36.4 Å². The van der Waals surface area contributed by atoms with Crippen molar-refractivity contribution in [1.82, 2.24) is 5.06 Å². The number of benzene rings is 3. The smallest absolute Gasteiger partial charge is 0.287 e. The van der Waals surface area contributed by atoms with Gasteiger partial charge >= 0.3 is 0 Å². The van der Waals surface area contributed by atoms with Gasteiger partial charge in [0.05, 0.1) is 6.54 Å². The molecule has 1 aliphatic heterocycles. The Hall–Kier alpha value is -2.00. The maximum atomic E-state index is 13.0. The van der Waals surface area contributed by atoms with Crippen molar-refractivity contribution in [2.45, 2.75) is 12.1 Å². The fourth-order valence-electron chi connectivity index (χ4n) is 3.99. The third-order valence-electron chi connectivity index (χ3n) is 5.11. The average Bonchev–Trinajstić information content (AvgIpc) is 3.04. The molecule has 1 heterocycles. The number of hydrogen-bond donors (Lipinski definition) is 1. The number of hydrogen-bond acceptors (Lipinski definition) is 2. The minimum Gasteiger partial charge on any atom is -1.00 e.